The lowest BCUT2D eigenvalue weighted by Gasteiger charge is -2.56. The Morgan fingerprint density at radius 3 is 2.58 bits per heavy atom. The van der Waals surface area contributed by atoms with Gasteiger partial charge in [-0.15, -0.1) is 0 Å². The number of rotatable bonds is 5. The van der Waals surface area contributed by atoms with Crippen LogP contribution in [0.5, 0.6) is 0 Å². The fraction of sp³-hybridized carbons (Fsp3) is 0.542. The van der Waals surface area contributed by atoms with Crippen molar-refractivity contribution in [1.82, 2.24) is 9.96 Å². The number of ketones is 1. The molecule has 4 rings (SSSR count). The summed E-state index contributed by atoms with van der Waals surface area (Å²) >= 11 is 12.3. The molecule has 1 aromatic carbocycles. The highest BCUT2D eigenvalue weighted by atomic mass is 35.5. The molecule has 0 bridgehead atoms. The number of hydroxylamine groups is 2. The largest absolute Gasteiger partial charge is 0.440 e. The molecule has 1 saturated carbocycles. The van der Waals surface area contributed by atoms with E-state index in [9.17, 15) is 14.4 Å². The quantitative estimate of drug-likeness (QED) is 0.575. The van der Waals surface area contributed by atoms with Crippen LogP contribution >= 0.6 is 23.2 Å². The van der Waals surface area contributed by atoms with Crippen LogP contribution in [0, 0.1) is 11.8 Å². The predicted molar refractivity (Wildman–Crippen MR) is 123 cm³/mol. The maximum Gasteiger partial charge on any atom is 0.350 e. The molecule has 0 radical (unpaired) electrons. The fourth-order valence-electron chi connectivity index (χ4n) is 5.64. The first-order valence-corrected chi connectivity index (χ1v) is 12.0. The summed E-state index contributed by atoms with van der Waals surface area (Å²) in [6.07, 6.45) is 5.69. The monoisotopic (exact) mass is 494 g/mol. The highest BCUT2D eigenvalue weighted by Crippen LogP contribution is 2.49. The van der Waals surface area contributed by atoms with Crippen molar-refractivity contribution in [3.63, 3.8) is 0 Å². The van der Waals surface area contributed by atoms with E-state index >= 15 is 0 Å². The van der Waals surface area contributed by atoms with E-state index in [4.69, 9.17) is 32.8 Å². The summed E-state index contributed by atoms with van der Waals surface area (Å²) in [6.45, 7) is 0.319. The molecular weight excluding hydrogens is 467 g/mol. The number of ether oxygens (including phenoxy) is 1. The predicted octanol–water partition coefficient (Wildman–Crippen LogP) is 3.81. The van der Waals surface area contributed by atoms with Crippen LogP contribution in [0.3, 0.4) is 0 Å². The fourth-order valence-corrected chi connectivity index (χ4v) is 5.96. The zero-order chi connectivity index (χ0) is 23.8. The third-order valence-corrected chi connectivity index (χ3v) is 7.61. The van der Waals surface area contributed by atoms with Gasteiger partial charge >= 0.3 is 11.9 Å². The van der Waals surface area contributed by atoms with Crippen molar-refractivity contribution in [1.29, 1.82) is 0 Å². The van der Waals surface area contributed by atoms with E-state index in [-0.39, 0.29) is 24.0 Å². The van der Waals surface area contributed by atoms with Crippen molar-refractivity contribution >= 4 is 40.9 Å². The van der Waals surface area contributed by atoms with E-state index in [2.05, 4.69) is 0 Å². The van der Waals surface area contributed by atoms with E-state index in [1.807, 2.05) is 19.0 Å². The summed E-state index contributed by atoms with van der Waals surface area (Å²) in [5.41, 5.74) is -0.456. The molecule has 7 nitrogen and oxygen atoms in total. The molecule has 9 heteroatoms. The zero-order valence-corrected chi connectivity index (χ0v) is 20.3. The van der Waals surface area contributed by atoms with Crippen molar-refractivity contribution in [2.24, 2.45) is 11.8 Å². The van der Waals surface area contributed by atoms with Crippen LogP contribution in [-0.4, -0.2) is 60.1 Å². The third-order valence-electron chi connectivity index (χ3n) is 6.87. The van der Waals surface area contributed by atoms with Crippen molar-refractivity contribution in [3.8, 4) is 0 Å². The van der Waals surface area contributed by atoms with Gasteiger partial charge in [0.25, 0.3) is 0 Å². The van der Waals surface area contributed by atoms with Gasteiger partial charge in [0.15, 0.2) is 12.0 Å². The number of esters is 1. The molecule has 33 heavy (non-hydrogen) atoms. The van der Waals surface area contributed by atoms with Gasteiger partial charge in [-0.1, -0.05) is 47.2 Å². The molecule has 0 amide bonds. The number of likely N-dealkylation sites (N-methyl/N-ethyl adjacent to an activating group) is 1. The number of carbonyl (C=O) groups is 3. The summed E-state index contributed by atoms with van der Waals surface area (Å²) < 4.78 is 5.68. The number of fused-ring (bicyclic) bond motifs is 2. The van der Waals surface area contributed by atoms with Crippen LogP contribution in [0.4, 0.5) is 0 Å². The maximum absolute atomic E-state index is 14.2. The molecule has 4 unspecified atom stereocenters. The maximum atomic E-state index is 14.2. The number of benzene rings is 1. The first-order valence-electron chi connectivity index (χ1n) is 11.2. The van der Waals surface area contributed by atoms with Crippen LogP contribution in [0.15, 0.2) is 30.4 Å². The van der Waals surface area contributed by atoms with Gasteiger partial charge in [0, 0.05) is 31.5 Å². The van der Waals surface area contributed by atoms with Gasteiger partial charge in [0.1, 0.15) is 5.54 Å². The molecule has 0 aromatic heterocycles. The highest BCUT2D eigenvalue weighted by Gasteiger charge is 2.61. The van der Waals surface area contributed by atoms with Gasteiger partial charge < -0.3 is 14.5 Å². The SMILES string of the molecule is CN(C)CC1(C(=O)Cc2ccc(Cl)c(Cl)c2)C2CCCCC2CC2OC(=O)/C=C\C(=O)ON21. The summed E-state index contributed by atoms with van der Waals surface area (Å²) in [5, 5.41) is 2.18. The highest BCUT2D eigenvalue weighted by molar-refractivity contribution is 6.42. The van der Waals surface area contributed by atoms with Crippen molar-refractivity contribution in [2.75, 3.05) is 20.6 Å². The molecule has 2 aliphatic heterocycles. The van der Waals surface area contributed by atoms with E-state index in [1.165, 1.54) is 5.06 Å². The number of piperidine rings is 1. The molecule has 1 saturated heterocycles. The van der Waals surface area contributed by atoms with E-state index < -0.39 is 23.7 Å². The van der Waals surface area contributed by atoms with Gasteiger partial charge in [-0.2, -0.15) is 0 Å². The lowest BCUT2D eigenvalue weighted by molar-refractivity contribution is -0.307. The van der Waals surface area contributed by atoms with Crippen molar-refractivity contribution in [2.45, 2.75) is 50.3 Å². The van der Waals surface area contributed by atoms with E-state index in [0.29, 0.717) is 23.0 Å². The zero-order valence-electron chi connectivity index (χ0n) is 18.8. The minimum atomic E-state index is -1.18. The molecule has 0 N–H and O–H groups in total. The average Bonchev–Trinajstić information content (AvgIpc) is 2.75. The second-order valence-electron chi connectivity index (χ2n) is 9.36. The lowest BCUT2D eigenvalue weighted by Crippen LogP contribution is -2.72. The van der Waals surface area contributed by atoms with Gasteiger partial charge in [0.2, 0.25) is 0 Å². The minimum Gasteiger partial charge on any atom is -0.440 e. The molecule has 178 valence electrons. The number of nitrogens with zero attached hydrogens (tertiary/aromatic N) is 2. The van der Waals surface area contributed by atoms with Gasteiger partial charge in [0.05, 0.1) is 10.0 Å². The molecule has 1 aliphatic carbocycles. The summed E-state index contributed by atoms with van der Waals surface area (Å²) in [4.78, 5) is 46.7. The molecule has 1 aromatic rings. The van der Waals surface area contributed by atoms with Crippen LogP contribution in [-0.2, 0) is 30.4 Å². The van der Waals surface area contributed by atoms with E-state index in [1.54, 1.807) is 18.2 Å². The second kappa shape index (κ2) is 9.74. The molecule has 3 aliphatic rings. The van der Waals surface area contributed by atoms with Crippen LogP contribution in [0.25, 0.3) is 0 Å². The third kappa shape index (κ3) is 4.83. The topological polar surface area (TPSA) is 76.1 Å². The Hall–Kier alpha value is -1.93. The molecule has 0 spiro atoms. The number of carbonyl (C=O) groups excluding carboxylic acids is 3. The molecular formula is C24H28Cl2N2O5. The molecule has 4 atom stereocenters. The van der Waals surface area contributed by atoms with E-state index in [0.717, 1.165) is 43.4 Å². The molecule has 2 heterocycles. The Labute approximate surface area is 203 Å². The normalized spacial score (nSPS) is 31.0. The summed E-state index contributed by atoms with van der Waals surface area (Å²) in [6, 6.07) is 5.13. The van der Waals surface area contributed by atoms with Crippen LogP contribution < -0.4 is 0 Å². The Morgan fingerprint density at radius 1 is 1.12 bits per heavy atom. The Kier molecular flexibility index (Phi) is 7.15. The number of hydrogen-bond donors (Lipinski definition) is 0. The lowest BCUT2D eigenvalue weighted by atomic mass is 9.62. The Morgan fingerprint density at radius 2 is 1.85 bits per heavy atom. The van der Waals surface area contributed by atoms with Crippen LogP contribution in [0.1, 0.15) is 37.7 Å². The number of Topliss-reactive ketones (excluding diaryl/α,β-unsaturated/α-hetero) is 1. The Balaban J connectivity index is 1.81. The van der Waals surface area contributed by atoms with Gasteiger partial charge in [-0.05, 0) is 56.5 Å². The Bertz CT molecular complexity index is 982. The number of halogens is 2. The smallest absolute Gasteiger partial charge is 0.350 e. The number of hydrogen-bond acceptors (Lipinski definition) is 7. The van der Waals surface area contributed by atoms with Crippen LogP contribution in [0.2, 0.25) is 10.0 Å². The summed E-state index contributed by atoms with van der Waals surface area (Å²) in [5.74, 6) is -1.30. The second-order valence-corrected chi connectivity index (χ2v) is 10.2. The van der Waals surface area contributed by atoms with Crippen molar-refractivity contribution in [3.05, 3.63) is 46.0 Å². The van der Waals surface area contributed by atoms with Gasteiger partial charge in [-0.3, -0.25) is 4.79 Å². The summed E-state index contributed by atoms with van der Waals surface area (Å²) in [7, 11) is 3.76. The van der Waals surface area contributed by atoms with Gasteiger partial charge in [-0.25, -0.2) is 9.59 Å². The first kappa shape index (κ1) is 24.2. The first-order chi connectivity index (χ1) is 15.7. The molecule has 2 fully saturated rings. The average molecular weight is 495 g/mol. The minimum absolute atomic E-state index is 0.0462. The standard InChI is InChI=1S/C24H28Cl2N2O5/c1-27(2)14-24(20(29)12-15-7-8-18(25)19(26)11-15)17-6-4-3-5-16(17)13-21-28(24)33-23(31)10-9-22(30)32-21/h7-11,16-17,21H,3-6,12-14H2,1-2H3/b10-9-. The van der Waals surface area contributed by atoms with Crippen molar-refractivity contribution < 1.29 is 24.0 Å².